The molecule has 2 saturated carbocycles. The van der Waals surface area contributed by atoms with Crippen LogP contribution < -0.4 is 10.7 Å². The Bertz CT molecular complexity index is 580. The first-order valence-corrected chi connectivity index (χ1v) is 7.21. The summed E-state index contributed by atoms with van der Waals surface area (Å²) in [6.45, 7) is 0.299. The van der Waals surface area contributed by atoms with Gasteiger partial charge < -0.3 is 9.57 Å². The molecule has 0 aliphatic heterocycles. The number of Topliss-reactive ketones (excluding diaryl/α,β-unsaturated/α-hetero) is 2. The lowest BCUT2D eigenvalue weighted by Crippen LogP contribution is -2.19. The van der Waals surface area contributed by atoms with Crippen LogP contribution in [-0.2, 0) is 14.3 Å². The van der Waals surface area contributed by atoms with Crippen molar-refractivity contribution in [2.45, 2.75) is 31.1 Å². The third-order valence-corrected chi connectivity index (χ3v) is 4.35. The topological polar surface area (TPSA) is 78.6 Å². The minimum absolute atomic E-state index is 0.0295. The summed E-state index contributed by atoms with van der Waals surface area (Å²) < 4.78 is 5.05. The SMILES string of the molecule is COCC1CC(=O)C(c2cc(ON)ccc2C2CC2)C1=O. The minimum Gasteiger partial charge on any atom is -0.412 e. The van der Waals surface area contributed by atoms with E-state index in [1.165, 1.54) is 0 Å². The maximum Gasteiger partial charge on any atom is 0.153 e. The van der Waals surface area contributed by atoms with Crippen LogP contribution in [0.4, 0.5) is 0 Å². The molecule has 2 unspecified atom stereocenters. The zero-order valence-electron chi connectivity index (χ0n) is 12.0. The van der Waals surface area contributed by atoms with Gasteiger partial charge >= 0.3 is 0 Å². The minimum atomic E-state index is -0.684. The highest BCUT2D eigenvalue weighted by Crippen LogP contribution is 2.46. The molecule has 21 heavy (non-hydrogen) atoms. The lowest BCUT2D eigenvalue weighted by molar-refractivity contribution is -0.125. The van der Waals surface area contributed by atoms with Crippen molar-refractivity contribution in [2.24, 2.45) is 11.8 Å². The van der Waals surface area contributed by atoms with E-state index < -0.39 is 5.92 Å². The zero-order valence-corrected chi connectivity index (χ0v) is 12.0. The molecule has 5 heteroatoms. The van der Waals surface area contributed by atoms with Crippen LogP contribution in [0.5, 0.6) is 5.75 Å². The summed E-state index contributed by atoms with van der Waals surface area (Å²) in [7, 11) is 1.55. The predicted octanol–water partition coefficient (Wildman–Crippen LogP) is 1.70. The third kappa shape index (κ3) is 2.59. The lowest BCUT2D eigenvalue weighted by atomic mass is 9.88. The van der Waals surface area contributed by atoms with Crippen LogP contribution in [0.2, 0.25) is 0 Å². The van der Waals surface area contributed by atoms with Crippen molar-refractivity contribution in [3.8, 4) is 5.75 Å². The summed E-state index contributed by atoms with van der Waals surface area (Å²) in [6, 6.07) is 5.45. The normalized spacial score (nSPS) is 25.4. The molecule has 0 radical (unpaired) electrons. The number of carbonyl (C=O) groups is 2. The van der Waals surface area contributed by atoms with Crippen LogP contribution in [0.3, 0.4) is 0 Å². The number of benzene rings is 1. The monoisotopic (exact) mass is 289 g/mol. The highest BCUT2D eigenvalue weighted by molar-refractivity contribution is 6.14. The molecule has 1 aromatic carbocycles. The second-order valence-electron chi connectivity index (χ2n) is 5.84. The van der Waals surface area contributed by atoms with E-state index in [1.54, 1.807) is 19.2 Å². The van der Waals surface area contributed by atoms with E-state index in [1.807, 2.05) is 6.07 Å². The van der Waals surface area contributed by atoms with E-state index in [2.05, 4.69) is 0 Å². The van der Waals surface area contributed by atoms with Crippen molar-refractivity contribution < 1.29 is 19.2 Å². The maximum absolute atomic E-state index is 12.5. The van der Waals surface area contributed by atoms with Gasteiger partial charge in [0.05, 0.1) is 6.61 Å². The first-order chi connectivity index (χ1) is 10.2. The van der Waals surface area contributed by atoms with Gasteiger partial charge in [-0.15, -0.1) is 0 Å². The molecule has 2 N–H and O–H groups in total. The summed E-state index contributed by atoms with van der Waals surface area (Å²) >= 11 is 0. The van der Waals surface area contributed by atoms with Crippen molar-refractivity contribution in [1.82, 2.24) is 0 Å². The van der Waals surface area contributed by atoms with E-state index >= 15 is 0 Å². The third-order valence-electron chi connectivity index (χ3n) is 4.35. The van der Waals surface area contributed by atoms with Gasteiger partial charge in [0, 0.05) is 19.4 Å². The summed E-state index contributed by atoms with van der Waals surface area (Å²) in [6.07, 6.45) is 2.47. The molecule has 112 valence electrons. The number of carbonyl (C=O) groups excluding carboxylic acids is 2. The molecule has 0 bridgehead atoms. The van der Waals surface area contributed by atoms with Gasteiger partial charge in [0.25, 0.3) is 0 Å². The van der Waals surface area contributed by atoms with Gasteiger partial charge in [-0.1, -0.05) is 6.07 Å². The van der Waals surface area contributed by atoms with E-state index in [4.69, 9.17) is 15.5 Å². The van der Waals surface area contributed by atoms with Crippen LogP contribution in [-0.4, -0.2) is 25.3 Å². The van der Waals surface area contributed by atoms with Crippen molar-refractivity contribution in [3.05, 3.63) is 29.3 Å². The lowest BCUT2D eigenvalue weighted by Gasteiger charge is -2.15. The Kier molecular flexibility index (Phi) is 3.78. The molecule has 0 heterocycles. The smallest absolute Gasteiger partial charge is 0.153 e. The van der Waals surface area contributed by atoms with Crippen molar-refractivity contribution >= 4 is 11.6 Å². The molecule has 2 aliphatic carbocycles. The van der Waals surface area contributed by atoms with Crippen LogP contribution in [0.1, 0.15) is 42.2 Å². The second-order valence-corrected chi connectivity index (χ2v) is 5.84. The van der Waals surface area contributed by atoms with Crippen LogP contribution in [0.25, 0.3) is 0 Å². The number of hydrogen-bond donors (Lipinski definition) is 1. The van der Waals surface area contributed by atoms with Gasteiger partial charge in [-0.2, -0.15) is 5.90 Å². The summed E-state index contributed by atoms with van der Waals surface area (Å²) in [4.78, 5) is 29.6. The van der Waals surface area contributed by atoms with E-state index in [0.29, 0.717) is 18.3 Å². The molecule has 5 nitrogen and oxygen atoms in total. The molecule has 2 atom stereocenters. The van der Waals surface area contributed by atoms with Gasteiger partial charge in [-0.25, -0.2) is 0 Å². The first kappa shape index (κ1) is 14.2. The Morgan fingerprint density at radius 1 is 1.24 bits per heavy atom. The average molecular weight is 289 g/mol. The Balaban J connectivity index is 1.98. The number of rotatable bonds is 5. The first-order valence-electron chi connectivity index (χ1n) is 7.21. The summed E-state index contributed by atoms with van der Waals surface area (Å²) in [5, 5.41) is 0. The highest BCUT2D eigenvalue weighted by atomic mass is 16.6. The Morgan fingerprint density at radius 2 is 2.00 bits per heavy atom. The summed E-state index contributed by atoms with van der Waals surface area (Å²) in [5.41, 5.74) is 1.86. The standard InChI is InChI=1S/C16H19NO4/c1-20-8-10-6-14(18)15(16(10)19)13-7-11(21-17)4-5-12(13)9-2-3-9/h4-5,7,9-10,15H,2-3,6,8,17H2,1H3. The molecular formula is C16H19NO4. The highest BCUT2D eigenvalue weighted by Gasteiger charge is 2.44. The fourth-order valence-corrected chi connectivity index (χ4v) is 3.17. The van der Waals surface area contributed by atoms with E-state index in [-0.39, 0.29) is 23.9 Å². The van der Waals surface area contributed by atoms with Gasteiger partial charge in [-0.05, 0) is 42.0 Å². The average Bonchev–Trinajstić information content (AvgIpc) is 3.27. The molecule has 3 rings (SSSR count). The predicted molar refractivity (Wildman–Crippen MR) is 76.0 cm³/mol. The van der Waals surface area contributed by atoms with Gasteiger partial charge in [0.1, 0.15) is 17.5 Å². The van der Waals surface area contributed by atoms with E-state index in [9.17, 15) is 9.59 Å². The number of methoxy groups -OCH3 is 1. The van der Waals surface area contributed by atoms with Gasteiger partial charge in [0.2, 0.25) is 0 Å². The quantitative estimate of drug-likeness (QED) is 0.659. The fourth-order valence-electron chi connectivity index (χ4n) is 3.17. The number of hydrogen-bond acceptors (Lipinski definition) is 5. The molecule has 0 aromatic heterocycles. The Hall–Kier alpha value is -1.72. The van der Waals surface area contributed by atoms with Gasteiger partial charge in [0.15, 0.2) is 5.78 Å². The number of nitrogens with two attached hydrogens (primary N) is 1. The van der Waals surface area contributed by atoms with Crippen molar-refractivity contribution in [3.63, 3.8) is 0 Å². The number of ether oxygens (including phenoxy) is 1. The molecule has 0 spiro atoms. The van der Waals surface area contributed by atoms with Crippen LogP contribution in [0, 0.1) is 5.92 Å². The molecular weight excluding hydrogens is 270 g/mol. The number of ketones is 2. The van der Waals surface area contributed by atoms with Crippen LogP contribution >= 0.6 is 0 Å². The van der Waals surface area contributed by atoms with Gasteiger partial charge in [-0.3, -0.25) is 9.59 Å². The molecule has 2 fully saturated rings. The Labute approximate surface area is 123 Å². The molecule has 0 saturated heterocycles. The second kappa shape index (κ2) is 5.58. The van der Waals surface area contributed by atoms with Crippen molar-refractivity contribution in [2.75, 3.05) is 13.7 Å². The largest absolute Gasteiger partial charge is 0.412 e. The fraction of sp³-hybridized carbons (Fsp3) is 0.500. The summed E-state index contributed by atoms with van der Waals surface area (Å²) in [5.74, 6) is 5.05. The zero-order chi connectivity index (χ0) is 15.0. The Morgan fingerprint density at radius 3 is 2.62 bits per heavy atom. The van der Waals surface area contributed by atoms with Crippen LogP contribution in [0.15, 0.2) is 18.2 Å². The maximum atomic E-state index is 12.5. The van der Waals surface area contributed by atoms with E-state index in [0.717, 1.165) is 24.0 Å². The molecule has 0 amide bonds. The molecule has 2 aliphatic rings. The molecule has 1 aromatic rings. The van der Waals surface area contributed by atoms with Crippen molar-refractivity contribution in [1.29, 1.82) is 0 Å².